The van der Waals surface area contributed by atoms with E-state index in [2.05, 4.69) is 5.32 Å². The maximum absolute atomic E-state index is 12.3. The summed E-state index contributed by atoms with van der Waals surface area (Å²) < 4.78 is 5.65. The molecule has 1 aliphatic rings. The predicted molar refractivity (Wildman–Crippen MR) is 76.8 cm³/mol. The van der Waals surface area contributed by atoms with E-state index in [9.17, 15) is 9.59 Å². The number of carbonyl (C=O) groups is 2. The van der Waals surface area contributed by atoms with Crippen molar-refractivity contribution in [3.8, 4) is 0 Å². The third kappa shape index (κ3) is 2.74. The quantitative estimate of drug-likeness (QED) is 0.841. The van der Waals surface area contributed by atoms with E-state index >= 15 is 0 Å². The number of ether oxygens (including phenoxy) is 1. The number of hydrogen-bond donors (Lipinski definition) is 1. The molecule has 0 aromatic heterocycles. The van der Waals surface area contributed by atoms with Crippen LogP contribution in [0.15, 0.2) is 36.4 Å². The molecule has 0 spiro atoms. The van der Waals surface area contributed by atoms with Gasteiger partial charge in [-0.15, -0.1) is 0 Å². The Bertz CT molecular complexity index is 569. The number of carbonyl (C=O) groups excluding carboxylic acids is 2. The van der Waals surface area contributed by atoms with Gasteiger partial charge in [-0.3, -0.25) is 9.59 Å². The fourth-order valence-corrected chi connectivity index (χ4v) is 1.92. The lowest BCUT2D eigenvalue weighted by Gasteiger charge is -2.28. The predicted octanol–water partition coefficient (Wildman–Crippen LogP) is 2.30. The standard InChI is InChI=1S/C16H19NO3/c1-15(2,3)17-14(19)16(4)13(18)10-12(20-16)11-8-6-5-7-9-11/h5-10H,1-4H3,(H,17,19). The minimum atomic E-state index is -1.49. The van der Waals surface area contributed by atoms with Crippen LogP contribution in [0.3, 0.4) is 0 Å². The van der Waals surface area contributed by atoms with E-state index in [0.717, 1.165) is 5.56 Å². The van der Waals surface area contributed by atoms with E-state index < -0.39 is 17.0 Å². The average molecular weight is 273 g/mol. The molecule has 0 fully saturated rings. The maximum atomic E-state index is 12.3. The number of ketones is 1. The molecule has 0 radical (unpaired) electrons. The molecule has 106 valence electrons. The first-order valence-electron chi connectivity index (χ1n) is 6.55. The lowest BCUT2D eigenvalue weighted by atomic mass is 9.98. The number of hydrogen-bond acceptors (Lipinski definition) is 3. The van der Waals surface area contributed by atoms with Gasteiger partial charge in [0.15, 0.2) is 0 Å². The highest BCUT2D eigenvalue weighted by Gasteiger charge is 2.48. The fourth-order valence-electron chi connectivity index (χ4n) is 1.92. The molecule has 4 heteroatoms. The van der Waals surface area contributed by atoms with Crippen LogP contribution in [0.25, 0.3) is 5.76 Å². The summed E-state index contributed by atoms with van der Waals surface area (Å²) >= 11 is 0. The van der Waals surface area contributed by atoms with Crippen molar-refractivity contribution in [3.05, 3.63) is 42.0 Å². The molecule has 20 heavy (non-hydrogen) atoms. The second kappa shape index (κ2) is 4.78. The van der Waals surface area contributed by atoms with Crippen molar-refractivity contribution in [1.82, 2.24) is 5.32 Å². The van der Waals surface area contributed by atoms with Crippen LogP contribution in [0.4, 0.5) is 0 Å². The molecule has 0 saturated carbocycles. The normalized spacial score (nSPS) is 22.2. The lowest BCUT2D eigenvalue weighted by molar-refractivity contribution is -0.145. The van der Waals surface area contributed by atoms with E-state index in [0.29, 0.717) is 5.76 Å². The molecule has 1 amide bonds. The van der Waals surface area contributed by atoms with Gasteiger partial charge in [0.25, 0.3) is 5.91 Å². The highest BCUT2D eigenvalue weighted by molar-refractivity contribution is 6.18. The molecule has 1 aromatic carbocycles. The Hall–Kier alpha value is -2.10. The van der Waals surface area contributed by atoms with Crippen LogP contribution in [-0.4, -0.2) is 22.8 Å². The van der Waals surface area contributed by atoms with E-state index in [1.807, 2.05) is 51.1 Å². The Kier molecular flexibility index (Phi) is 3.42. The molecule has 0 bridgehead atoms. The first-order valence-corrected chi connectivity index (χ1v) is 6.55. The summed E-state index contributed by atoms with van der Waals surface area (Å²) in [6.45, 7) is 7.08. The van der Waals surface area contributed by atoms with Gasteiger partial charge in [0.05, 0.1) is 0 Å². The summed E-state index contributed by atoms with van der Waals surface area (Å²) in [6.07, 6.45) is 1.39. The summed E-state index contributed by atoms with van der Waals surface area (Å²) in [6, 6.07) is 9.27. The molecule has 2 rings (SSSR count). The van der Waals surface area contributed by atoms with Crippen LogP contribution in [0, 0.1) is 0 Å². The zero-order chi connectivity index (χ0) is 15.0. The molecule has 1 unspecified atom stereocenters. The number of amides is 1. The van der Waals surface area contributed by atoms with Crippen LogP contribution < -0.4 is 5.32 Å². The SMILES string of the molecule is CC(C)(C)NC(=O)C1(C)OC(c2ccccc2)=CC1=O. The van der Waals surface area contributed by atoms with Crippen LogP contribution in [0.1, 0.15) is 33.3 Å². The third-order valence-electron chi connectivity index (χ3n) is 3.03. The molecule has 0 aliphatic carbocycles. The molecule has 1 heterocycles. The highest BCUT2D eigenvalue weighted by Crippen LogP contribution is 2.31. The highest BCUT2D eigenvalue weighted by atomic mass is 16.5. The van der Waals surface area contributed by atoms with Gasteiger partial charge in [0.1, 0.15) is 5.76 Å². The Morgan fingerprint density at radius 1 is 1.20 bits per heavy atom. The molecule has 1 aliphatic heterocycles. The van der Waals surface area contributed by atoms with Crippen molar-refractivity contribution < 1.29 is 14.3 Å². The van der Waals surface area contributed by atoms with Gasteiger partial charge in [0.2, 0.25) is 11.4 Å². The van der Waals surface area contributed by atoms with Crippen molar-refractivity contribution in [2.75, 3.05) is 0 Å². The number of benzene rings is 1. The van der Waals surface area contributed by atoms with Crippen molar-refractivity contribution >= 4 is 17.4 Å². The van der Waals surface area contributed by atoms with Gasteiger partial charge in [-0.05, 0) is 27.7 Å². The van der Waals surface area contributed by atoms with Crippen LogP contribution in [0.2, 0.25) is 0 Å². The number of rotatable bonds is 2. The monoisotopic (exact) mass is 273 g/mol. The molecular weight excluding hydrogens is 254 g/mol. The first-order chi connectivity index (χ1) is 9.22. The van der Waals surface area contributed by atoms with Gasteiger partial charge in [-0.25, -0.2) is 0 Å². The Balaban J connectivity index is 2.22. The Labute approximate surface area is 118 Å². The van der Waals surface area contributed by atoms with Crippen molar-refractivity contribution in [2.24, 2.45) is 0 Å². The molecular formula is C16H19NO3. The van der Waals surface area contributed by atoms with E-state index in [1.165, 1.54) is 13.0 Å². The molecule has 1 N–H and O–H groups in total. The summed E-state index contributed by atoms with van der Waals surface area (Å²) in [7, 11) is 0. The molecule has 4 nitrogen and oxygen atoms in total. The Morgan fingerprint density at radius 3 is 2.35 bits per heavy atom. The molecule has 1 atom stereocenters. The molecule has 0 saturated heterocycles. The summed E-state index contributed by atoms with van der Waals surface area (Å²) in [5.74, 6) is -0.322. The van der Waals surface area contributed by atoms with Gasteiger partial charge < -0.3 is 10.1 Å². The number of nitrogens with one attached hydrogen (secondary N) is 1. The molecule has 1 aromatic rings. The smallest absolute Gasteiger partial charge is 0.272 e. The average Bonchev–Trinajstić information content (AvgIpc) is 2.66. The minimum Gasteiger partial charge on any atom is -0.469 e. The van der Waals surface area contributed by atoms with E-state index in [1.54, 1.807) is 0 Å². The summed E-state index contributed by atoms with van der Waals surface area (Å²) in [5, 5.41) is 2.79. The van der Waals surface area contributed by atoms with Gasteiger partial charge >= 0.3 is 0 Å². The largest absolute Gasteiger partial charge is 0.469 e. The van der Waals surface area contributed by atoms with E-state index in [4.69, 9.17) is 4.74 Å². The van der Waals surface area contributed by atoms with Gasteiger partial charge in [-0.2, -0.15) is 0 Å². The third-order valence-corrected chi connectivity index (χ3v) is 3.03. The summed E-state index contributed by atoms with van der Waals surface area (Å²) in [4.78, 5) is 24.4. The van der Waals surface area contributed by atoms with Gasteiger partial charge in [0, 0.05) is 17.2 Å². The minimum absolute atomic E-state index is 0.335. The van der Waals surface area contributed by atoms with Crippen LogP contribution >= 0.6 is 0 Å². The van der Waals surface area contributed by atoms with Crippen LogP contribution in [-0.2, 0) is 14.3 Å². The van der Waals surface area contributed by atoms with Crippen molar-refractivity contribution in [3.63, 3.8) is 0 Å². The zero-order valence-electron chi connectivity index (χ0n) is 12.2. The van der Waals surface area contributed by atoms with Crippen LogP contribution in [0.5, 0.6) is 0 Å². The second-order valence-corrected chi connectivity index (χ2v) is 6.08. The maximum Gasteiger partial charge on any atom is 0.272 e. The fraction of sp³-hybridized carbons (Fsp3) is 0.375. The van der Waals surface area contributed by atoms with Crippen molar-refractivity contribution in [2.45, 2.75) is 38.8 Å². The zero-order valence-corrected chi connectivity index (χ0v) is 12.2. The second-order valence-electron chi connectivity index (χ2n) is 6.08. The van der Waals surface area contributed by atoms with E-state index in [-0.39, 0.29) is 5.78 Å². The topological polar surface area (TPSA) is 55.4 Å². The lowest BCUT2D eigenvalue weighted by Crippen LogP contribution is -2.54. The van der Waals surface area contributed by atoms with Crippen molar-refractivity contribution in [1.29, 1.82) is 0 Å². The first kappa shape index (κ1) is 14.3. The van der Waals surface area contributed by atoms with Gasteiger partial charge in [-0.1, -0.05) is 30.3 Å². The Morgan fingerprint density at radius 2 is 1.80 bits per heavy atom. The summed E-state index contributed by atoms with van der Waals surface area (Å²) in [5.41, 5.74) is -1.12.